The number of fused-ring (bicyclic) bond motifs is 1. The number of hydrogen-bond donors (Lipinski definition) is 1. The number of urea groups is 1. The molecule has 0 saturated carbocycles. The number of benzene rings is 1. The van der Waals surface area contributed by atoms with Gasteiger partial charge in [0.1, 0.15) is 0 Å². The van der Waals surface area contributed by atoms with Gasteiger partial charge in [-0.2, -0.15) is 5.10 Å². The van der Waals surface area contributed by atoms with Crippen LogP contribution in [-0.2, 0) is 13.1 Å². The summed E-state index contributed by atoms with van der Waals surface area (Å²) in [7, 11) is 1.63. The van der Waals surface area contributed by atoms with Crippen LogP contribution in [0, 0.1) is 13.8 Å². The molecule has 3 rings (SSSR count). The second kappa shape index (κ2) is 8.12. The van der Waals surface area contributed by atoms with Crippen LogP contribution in [0.4, 0.5) is 4.79 Å². The van der Waals surface area contributed by atoms with Crippen LogP contribution in [0.1, 0.15) is 23.4 Å². The maximum absolute atomic E-state index is 12.6. The average Bonchev–Trinajstić information content (AvgIpc) is 2.92. The summed E-state index contributed by atoms with van der Waals surface area (Å²) in [4.78, 5) is 14.4. The standard InChI is InChI=1S/C19H26N4O3/c1-14-12-15(2)23(21-14)10-8-20-19(24)22-9-5-11-26-18-16(13-22)6-4-7-17(18)25-3/h4,6-7,12H,5,8-11,13H2,1-3H3,(H,20,24). The van der Waals surface area contributed by atoms with Gasteiger partial charge in [-0.1, -0.05) is 12.1 Å². The van der Waals surface area contributed by atoms with E-state index in [0.717, 1.165) is 29.1 Å². The van der Waals surface area contributed by atoms with Gasteiger partial charge in [0, 0.05) is 24.3 Å². The lowest BCUT2D eigenvalue weighted by molar-refractivity contribution is 0.179. The van der Waals surface area contributed by atoms with E-state index in [1.54, 1.807) is 7.11 Å². The second-order valence-corrected chi connectivity index (χ2v) is 6.45. The lowest BCUT2D eigenvalue weighted by atomic mass is 10.1. The Labute approximate surface area is 153 Å². The van der Waals surface area contributed by atoms with Gasteiger partial charge in [-0.05, 0) is 32.4 Å². The highest BCUT2D eigenvalue weighted by atomic mass is 16.5. The van der Waals surface area contributed by atoms with E-state index in [1.165, 1.54) is 0 Å². The van der Waals surface area contributed by atoms with E-state index in [9.17, 15) is 4.79 Å². The van der Waals surface area contributed by atoms with Crippen molar-refractivity contribution in [1.29, 1.82) is 0 Å². The van der Waals surface area contributed by atoms with Crippen LogP contribution in [0.15, 0.2) is 24.3 Å². The van der Waals surface area contributed by atoms with Crippen LogP contribution in [0.3, 0.4) is 0 Å². The highest BCUT2D eigenvalue weighted by molar-refractivity contribution is 5.74. The zero-order valence-electron chi connectivity index (χ0n) is 15.6. The van der Waals surface area contributed by atoms with Crippen molar-refractivity contribution in [1.82, 2.24) is 20.0 Å². The molecule has 2 aromatic rings. The molecular weight excluding hydrogens is 332 g/mol. The monoisotopic (exact) mass is 358 g/mol. The van der Waals surface area contributed by atoms with Crippen molar-refractivity contribution in [2.75, 3.05) is 26.8 Å². The third-order valence-corrected chi connectivity index (χ3v) is 4.45. The molecule has 2 heterocycles. The van der Waals surface area contributed by atoms with Crippen molar-refractivity contribution in [3.8, 4) is 11.5 Å². The summed E-state index contributed by atoms with van der Waals surface area (Å²) in [6.07, 6.45) is 0.780. The number of nitrogens with one attached hydrogen (secondary N) is 1. The maximum atomic E-state index is 12.6. The van der Waals surface area contributed by atoms with Crippen molar-refractivity contribution in [2.45, 2.75) is 33.4 Å². The number of carbonyl (C=O) groups excluding carboxylic acids is 1. The number of para-hydroxylation sites is 1. The van der Waals surface area contributed by atoms with E-state index in [1.807, 2.05) is 47.7 Å². The predicted octanol–water partition coefficient (Wildman–Crippen LogP) is 2.50. The van der Waals surface area contributed by atoms with Crippen LogP contribution < -0.4 is 14.8 Å². The molecule has 7 heteroatoms. The summed E-state index contributed by atoms with van der Waals surface area (Å²) in [5, 5.41) is 7.42. The number of rotatable bonds is 4. The van der Waals surface area contributed by atoms with Crippen molar-refractivity contribution in [3.63, 3.8) is 0 Å². The van der Waals surface area contributed by atoms with Gasteiger partial charge < -0.3 is 19.7 Å². The molecular formula is C19H26N4O3. The zero-order valence-corrected chi connectivity index (χ0v) is 15.6. The van der Waals surface area contributed by atoms with Crippen molar-refractivity contribution < 1.29 is 14.3 Å². The molecule has 1 N–H and O–H groups in total. The van der Waals surface area contributed by atoms with E-state index in [2.05, 4.69) is 10.4 Å². The third kappa shape index (κ3) is 4.09. The van der Waals surface area contributed by atoms with E-state index in [-0.39, 0.29) is 6.03 Å². The first kappa shape index (κ1) is 18.1. The molecule has 1 aromatic carbocycles. The van der Waals surface area contributed by atoms with Gasteiger partial charge in [0.25, 0.3) is 0 Å². The summed E-state index contributed by atoms with van der Waals surface area (Å²) in [6, 6.07) is 7.73. The molecule has 0 aliphatic carbocycles. The predicted molar refractivity (Wildman–Crippen MR) is 98.6 cm³/mol. The van der Waals surface area contributed by atoms with Gasteiger partial charge in [0.15, 0.2) is 11.5 Å². The van der Waals surface area contributed by atoms with E-state index in [0.29, 0.717) is 38.5 Å². The Balaban J connectivity index is 1.62. The molecule has 7 nitrogen and oxygen atoms in total. The lowest BCUT2D eigenvalue weighted by Gasteiger charge is -2.27. The Bertz CT molecular complexity index is 772. The molecule has 0 fully saturated rings. The van der Waals surface area contributed by atoms with Gasteiger partial charge in [-0.15, -0.1) is 0 Å². The molecule has 140 valence electrons. The van der Waals surface area contributed by atoms with Crippen LogP contribution in [0.25, 0.3) is 0 Å². The quantitative estimate of drug-likeness (QED) is 0.912. The molecule has 0 radical (unpaired) electrons. The number of ether oxygens (including phenoxy) is 2. The number of hydrogen-bond acceptors (Lipinski definition) is 4. The third-order valence-electron chi connectivity index (χ3n) is 4.45. The van der Waals surface area contributed by atoms with Gasteiger partial charge in [-0.25, -0.2) is 4.79 Å². The molecule has 0 atom stereocenters. The van der Waals surface area contributed by atoms with Crippen molar-refractivity contribution in [3.05, 3.63) is 41.2 Å². The van der Waals surface area contributed by atoms with Gasteiger partial charge in [0.05, 0.1) is 32.5 Å². The molecule has 26 heavy (non-hydrogen) atoms. The first-order valence-electron chi connectivity index (χ1n) is 8.91. The fourth-order valence-corrected chi connectivity index (χ4v) is 3.18. The summed E-state index contributed by atoms with van der Waals surface area (Å²) in [5.41, 5.74) is 3.04. The molecule has 0 unspecified atom stereocenters. The highest BCUT2D eigenvalue weighted by Gasteiger charge is 2.20. The van der Waals surface area contributed by atoms with Gasteiger partial charge in [0.2, 0.25) is 0 Å². The number of aryl methyl sites for hydroxylation is 2. The minimum Gasteiger partial charge on any atom is -0.493 e. The number of amides is 2. The van der Waals surface area contributed by atoms with E-state index in [4.69, 9.17) is 9.47 Å². The Hall–Kier alpha value is -2.70. The van der Waals surface area contributed by atoms with Crippen molar-refractivity contribution in [2.24, 2.45) is 0 Å². The number of aromatic nitrogens is 2. The molecule has 1 aromatic heterocycles. The summed E-state index contributed by atoms with van der Waals surface area (Å²) in [5.74, 6) is 1.43. The molecule has 0 spiro atoms. The molecule has 0 bridgehead atoms. The van der Waals surface area contributed by atoms with E-state index < -0.39 is 0 Å². The fraction of sp³-hybridized carbons (Fsp3) is 0.474. The average molecular weight is 358 g/mol. The topological polar surface area (TPSA) is 68.6 Å². The van der Waals surface area contributed by atoms with Crippen LogP contribution in [-0.4, -0.2) is 47.5 Å². The summed E-state index contributed by atoms with van der Waals surface area (Å²) < 4.78 is 13.1. The molecule has 1 aliphatic heterocycles. The number of methoxy groups -OCH3 is 1. The Morgan fingerprint density at radius 3 is 2.96 bits per heavy atom. The Kier molecular flexibility index (Phi) is 5.65. The zero-order chi connectivity index (χ0) is 18.5. The fourth-order valence-electron chi connectivity index (χ4n) is 3.18. The summed E-state index contributed by atoms with van der Waals surface area (Å²) in [6.45, 7) is 6.90. The molecule has 0 saturated heterocycles. The van der Waals surface area contributed by atoms with E-state index >= 15 is 0 Å². The van der Waals surface area contributed by atoms with Crippen LogP contribution in [0.2, 0.25) is 0 Å². The maximum Gasteiger partial charge on any atom is 0.317 e. The molecule has 2 amide bonds. The minimum absolute atomic E-state index is 0.0674. The summed E-state index contributed by atoms with van der Waals surface area (Å²) >= 11 is 0. The highest BCUT2D eigenvalue weighted by Crippen LogP contribution is 2.33. The number of carbonyl (C=O) groups is 1. The smallest absolute Gasteiger partial charge is 0.317 e. The van der Waals surface area contributed by atoms with Crippen LogP contribution in [0.5, 0.6) is 11.5 Å². The minimum atomic E-state index is -0.0674. The first-order chi connectivity index (χ1) is 12.6. The van der Waals surface area contributed by atoms with Gasteiger partial charge in [-0.3, -0.25) is 4.68 Å². The Morgan fingerprint density at radius 2 is 2.23 bits per heavy atom. The first-order valence-corrected chi connectivity index (χ1v) is 8.91. The van der Waals surface area contributed by atoms with Crippen molar-refractivity contribution >= 4 is 6.03 Å². The SMILES string of the molecule is COc1cccc2c1OCCCN(C(=O)NCCn1nc(C)cc1C)C2. The number of nitrogens with zero attached hydrogens (tertiary/aromatic N) is 3. The normalized spacial score (nSPS) is 14.0. The molecule has 1 aliphatic rings. The Morgan fingerprint density at radius 1 is 1.38 bits per heavy atom. The van der Waals surface area contributed by atoms with Gasteiger partial charge >= 0.3 is 6.03 Å². The second-order valence-electron chi connectivity index (χ2n) is 6.45. The largest absolute Gasteiger partial charge is 0.493 e. The van der Waals surface area contributed by atoms with Crippen LogP contribution >= 0.6 is 0 Å². The lowest BCUT2D eigenvalue weighted by Crippen LogP contribution is -2.42.